The number of ether oxygens (including phenoxy) is 3. The van der Waals surface area contributed by atoms with Crippen LogP contribution in [0.5, 0.6) is 11.5 Å². The lowest BCUT2D eigenvalue weighted by Gasteiger charge is -2.18. The highest BCUT2D eigenvalue weighted by Gasteiger charge is 2.22. The van der Waals surface area contributed by atoms with Crippen LogP contribution in [0.4, 0.5) is 11.4 Å². The van der Waals surface area contributed by atoms with Gasteiger partial charge >= 0.3 is 0 Å². The van der Waals surface area contributed by atoms with Crippen LogP contribution in [0.3, 0.4) is 0 Å². The second-order valence-electron chi connectivity index (χ2n) is 6.19. The zero-order chi connectivity index (χ0) is 18.5. The zero-order valence-corrected chi connectivity index (χ0v) is 15.3. The Morgan fingerprint density at radius 2 is 1.69 bits per heavy atom. The van der Waals surface area contributed by atoms with Crippen LogP contribution < -0.4 is 19.7 Å². The molecule has 26 heavy (non-hydrogen) atoms. The second-order valence-corrected chi connectivity index (χ2v) is 6.19. The van der Waals surface area contributed by atoms with Gasteiger partial charge in [0.15, 0.2) is 0 Å². The average Bonchev–Trinajstić information content (AvgIpc) is 3.17. The highest BCUT2D eigenvalue weighted by Crippen LogP contribution is 2.25. The number of hydrogen-bond donors (Lipinski definition) is 1. The van der Waals surface area contributed by atoms with Gasteiger partial charge in [-0.15, -0.1) is 0 Å². The maximum absolute atomic E-state index is 12.5. The summed E-state index contributed by atoms with van der Waals surface area (Å²) < 4.78 is 15.8. The standard InChI is InChI=1S/C20H24N2O4/c1-24-17-8-9-22(13-17)16-6-4-15(5-7-16)21-20(23)14-10-18(25-2)12-19(11-14)26-3/h4-7,10-12,17H,8-9,13H2,1-3H3,(H,21,23). The molecule has 0 aromatic heterocycles. The van der Waals surface area contributed by atoms with Gasteiger partial charge in [-0.3, -0.25) is 4.79 Å². The van der Waals surface area contributed by atoms with Crippen LogP contribution in [0.2, 0.25) is 0 Å². The summed E-state index contributed by atoms with van der Waals surface area (Å²) in [5.41, 5.74) is 2.35. The molecule has 1 heterocycles. The van der Waals surface area contributed by atoms with Gasteiger partial charge in [0.2, 0.25) is 0 Å². The molecule has 1 aliphatic heterocycles. The van der Waals surface area contributed by atoms with Crippen molar-refractivity contribution in [1.82, 2.24) is 0 Å². The van der Waals surface area contributed by atoms with Crippen molar-refractivity contribution in [2.45, 2.75) is 12.5 Å². The Morgan fingerprint density at radius 1 is 1.04 bits per heavy atom. The minimum atomic E-state index is -0.212. The van der Waals surface area contributed by atoms with E-state index in [1.54, 1.807) is 39.5 Å². The molecule has 3 rings (SSSR count). The van der Waals surface area contributed by atoms with Crippen molar-refractivity contribution < 1.29 is 19.0 Å². The first-order chi connectivity index (χ1) is 12.6. The van der Waals surface area contributed by atoms with E-state index >= 15 is 0 Å². The molecule has 1 fully saturated rings. The number of benzene rings is 2. The Kier molecular flexibility index (Phi) is 5.63. The number of methoxy groups -OCH3 is 3. The number of carbonyl (C=O) groups excluding carboxylic acids is 1. The molecule has 1 aliphatic rings. The maximum atomic E-state index is 12.5. The summed E-state index contributed by atoms with van der Waals surface area (Å²) in [7, 11) is 4.86. The van der Waals surface area contributed by atoms with E-state index in [2.05, 4.69) is 10.2 Å². The molecular formula is C20H24N2O4. The fraction of sp³-hybridized carbons (Fsp3) is 0.350. The van der Waals surface area contributed by atoms with E-state index in [9.17, 15) is 4.79 Å². The molecule has 2 aromatic rings. The van der Waals surface area contributed by atoms with Crippen LogP contribution in [0.1, 0.15) is 16.8 Å². The molecule has 0 saturated carbocycles. The predicted molar refractivity (Wildman–Crippen MR) is 102 cm³/mol. The number of amides is 1. The topological polar surface area (TPSA) is 60.0 Å². The van der Waals surface area contributed by atoms with Crippen LogP contribution in [-0.2, 0) is 4.74 Å². The smallest absolute Gasteiger partial charge is 0.255 e. The third-order valence-electron chi connectivity index (χ3n) is 4.58. The molecule has 2 aromatic carbocycles. The number of nitrogens with zero attached hydrogens (tertiary/aromatic N) is 1. The molecule has 1 atom stereocenters. The highest BCUT2D eigenvalue weighted by atomic mass is 16.5. The van der Waals surface area contributed by atoms with Gasteiger partial charge in [-0.1, -0.05) is 0 Å². The summed E-state index contributed by atoms with van der Waals surface area (Å²) in [5.74, 6) is 0.939. The van der Waals surface area contributed by atoms with Crippen LogP contribution in [0.25, 0.3) is 0 Å². The Balaban J connectivity index is 1.68. The van der Waals surface area contributed by atoms with Crippen molar-refractivity contribution in [2.75, 3.05) is 44.6 Å². The molecular weight excluding hydrogens is 332 g/mol. The predicted octanol–water partition coefficient (Wildman–Crippen LogP) is 3.18. The van der Waals surface area contributed by atoms with Crippen LogP contribution in [-0.4, -0.2) is 46.4 Å². The van der Waals surface area contributed by atoms with Crippen LogP contribution in [0, 0.1) is 0 Å². The summed E-state index contributed by atoms with van der Waals surface area (Å²) in [6.07, 6.45) is 1.32. The van der Waals surface area contributed by atoms with Gasteiger partial charge in [0.05, 0.1) is 20.3 Å². The van der Waals surface area contributed by atoms with Gasteiger partial charge in [0, 0.05) is 43.2 Å². The second kappa shape index (κ2) is 8.10. The SMILES string of the molecule is COc1cc(OC)cc(C(=O)Nc2ccc(N3CCC(OC)C3)cc2)c1. The van der Waals surface area contributed by atoms with E-state index in [1.165, 1.54) is 0 Å². The molecule has 1 amide bonds. The summed E-state index contributed by atoms with van der Waals surface area (Å²) in [6.45, 7) is 1.87. The van der Waals surface area contributed by atoms with Crippen LogP contribution in [0.15, 0.2) is 42.5 Å². The lowest BCUT2D eigenvalue weighted by Crippen LogP contribution is -2.22. The van der Waals surface area contributed by atoms with E-state index in [0.29, 0.717) is 17.1 Å². The van der Waals surface area contributed by atoms with E-state index in [0.717, 1.165) is 30.9 Å². The van der Waals surface area contributed by atoms with Crippen molar-refractivity contribution in [1.29, 1.82) is 0 Å². The first-order valence-corrected chi connectivity index (χ1v) is 8.55. The summed E-state index contributed by atoms with van der Waals surface area (Å²) in [4.78, 5) is 14.8. The van der Waals surface area contributed by atoms with Crippen molar-refractivity contribution >= 4 is 17.3 Å². The number of anilines is 2. The van der Waals surface area contributed by atoms with E-state index in [-0.39, 0.29) is 12.0 Å². The Labute approximate surface area is 153 Å². The zero-order valence-electron chi connectivity index (χ0n) is 15.3. The third kappa shape index (κ3) is 4.08. The minimum absolute atomic E-state index is 0.212. The summed E-state index contributed by atoms with van der Waals surface area (Å²) >= 11 is 0. The van der Waals surface area contributed by atoms with Crippen molar-refractivity contribution in [3.8, 4) is 11.5 Å². The molecule has 6 nitrogen and oxygen atoms in total. The van der Waals surface area contributed by atoms with Crippen molar-refractivity contribution in [3.05, 3.63) is 48.0 Å². The van der Waals surface area contributed by atoms with Gasteiger partial charge in [0.25, 0.3) is 5.91 Å². The fourth-order valence-corrected chi connectivity index (χ4v) is 3.05. The van der Waals surface area contributed by atoms with E-state index in [1.807, 2.05) is 24.3 Å². The third-order valence-corrected chi connectivity index (χ3v) is 4.58. The van der Waals surface area contributed by atoms with Crippen molar-refractivity contribution in [2.24, 2.45) is 0 Å². The number of nitrogens with one attached hydrogen (secondary N) is 1. The summed E-state index contributed by atoms with van der Waals surface area (Å²) in [5, 5.41) is 2.91. The van der Waals surface area contributed by atoms with Gasteiger partial charge in [-0.05, 0) is 42.8 Å². The number of rotatable bonds is 6. The minimum Gasteiger partial charge on any atom is -0.497 e. The van der Waals surface area contributed by atoms with Crippen LogP contribution >= 0.6 is 0 Å². The Morgan fingerprint density at radius 3 is 2.23 bits per heavy atom. The molecule has 1 unspecified atom stereocenters. The van der Waals surface area contributed by atoms with Crippen molar-refractivity contribution in [3.63, 3.8) is 0 Å². The molecule has 0 spiro atoms. The van der Waals surface area contributed by atoms with Gasteiger partial charge in [0.1, 0.15) is 11.5 Å². The normalized spacial score (nSPS) is 16.4. The van der Waals surface area contributed by atoms with Gasteiger partial charge in [-0.25, -0.2) is 0 Å². The Bertz CT molecular complexity index is 739. The number of carbonyl (C=O) groups is 1. The molecule has 1 N–H and O–H groups in total. The molecule has 138 valence electrons. The van der Waals surface area contributed by atoms with Gasteiger partial charge < -0.3 is 24.4 Å². The fourth-order valence-electron chi connectivity index (χ4n) is 3.05. The molecule has 1 saturated heterocycles. The first kappa shape index (κ1) is 18.1. The summed E-state index contributed by atoms with van der Waals surface area (Å²) in [6, 6.07) is 12.9. The van der Waals surface area contributed by atoms with E-state index in [4.69, 9.17) is 14.2 Å². The maximum Gasteiger partial charge on any atom is 0.255 e. The highest BCUT2D eigenvalue weighted by molar-refractivity contribution is 6.04. The van der Waals surface area contributed by atoms with Gasteiger partial charge in [-0.2, -0.15) is 0 Å². The average molecular weight is 356 g/mol. The first-order valence-electron chi connectivity index (χ1n) is 8.55. The largest absolute Gasteiger partial charge is 0.497 e. The molecule has 0 bridgehead atoms. The quantitative estimate of drug-likeness (QED) is 0.861. The lowest BCUT2D eigenvalue weighted by molar-refractivity contribution is 0.102. The Hall–Kier alpha value is -2.73. The monoisotopic (exact) mass is 356 g/mol. The lowest BCUT2D eigenvalue weighted by atomic mass is 10.1. The number of hydrogen-bond acceptors (Lipinski definition) is 5. The van der Waals surface area contributed by atoms with E-state index < -0.39 is 0 Å². The molecule has 6 heteroatoms. The molecule has 0 radical (unpaired) electrons. The molecule has 0 aliphatic carbocycles.